The molecule has 0 bridgehead atoms. The van der Waals surface area contributed by atoms with Gasteiger partial charge in [-0.1, -0.05) is 20.8 Å². The zero-order chi connectivity index (χ0) is 16.4. The van der Waals surface area contributed by atoms with Crippen LogP contribution in [0.25, 0.3) is 15.9 Å². The minimum atomic E-state index is -0.249. The molecule has 4 rings (SSSR count). The van der Waals surface area contributed by atoms with Crippen LogP contribution in [0.3, 0.4) is 0 Å². The number of hydrogen-bond donors (Lipinski definition) is 0. The van der Waals surface area contributed by atoms with Crippen LogP contribution in [0.1, 0.15) is 43.3 Å². The topological polar surface area (TPSA) is 60.1 Å². The number of nitrogens with zero attached hydrogens (tertiary/aromatic N) is 4. The Labute approximate surface area is 138 Å². The zero-order valence-electron chi connectivity index (χ0n) is 13.9. The normalized spacial score (nSPS) is 18.5. The number of fused-ring (bicyclic) bond motifs is 5. The summed E-state index contributed by atoms with van der Waals surface area (Å²) in [5, 5.41) is 5.32. The van der Waals surface area contributed by atoms with Gasteiger partial charge >= 0.3 is 0 Å². The molecule has 5 nitrogen and oxygen atoms in total. The van der Waals surface area contributed by atoms with E-state index in [2.05, 4.69) is 35.8 Å². The van der Waals surface area contributed by atoms with Crippen molar-refractivity contribution in [2.75, 3.05) is 0 Å². The molecule has 3 aromatic rings. The quantitative estimate of drug-likeness (QED) is 0.636. The van der Waals surface area contributed by atoms with E-state index in [4.69, 9.17) is 0 Å². The summed E-state index contributed by atoms with van der Waals surface area (Å²) in [6.07, 6.45) is 4.96. The molecule has 3 aromatic heterocycles. The van der Waals surface area contributed by atoms with Crippen molar-refractivity contribution in [1.82, 2.24) is 19.6 Å². The maximum absolute atomic E-state index is 11.9. The molecule has 0 aromatic carbocycles. The molecule has 0 saturated carbocycles. The molecule has 0 N–H and O–H groups in total. The maximum atomic E-state index is 11.9. The smallest absolute Gasteiger partial charge is 0.265 e. The molecule has 1 atom stereocenters. The van der Waals surface area contributed by atoms with Crippen LogP contribution in [0.15, 0.2) is 11.1 Å². The van der Waals surface area contributed by atoms with E-state index in [1.54, 1.807) is 29.1 Å². The van der Waals surface area contributed by atoms with Crippen molar-refractivity contribution >= 4 is 27.2 Å². The first-order valence-electron chi connectivity index (χ1n) is 8.01. The van der Waals surface area contributed by atoms with Crippen molar-refractivity contribution in [1.29, 1.82) is 0 Å². The SMILES string of the molecule is Cc1nn2cnc3sc4c(c3c2nc1=O)CCC(C(C)(C)C)C4. The summed E-state index contributed by atoms with van der Waals surface area (Å²) in [7, 11) is 0. The molecule has 23 heavy (non-hydrogen) atoms. The van der Waals surface area contributed by atoms with Gasteiger partial charge < -0.3 is 0 Å². The fourth-order valence-corrected chi connectivity index (χ4v) is 4.73. The van der Waals surface area contributed by atoms with Gasteiger partial charge in [-0.25, -0.2) is 9.50 Å². The minimum absolute atomic E-state index is 0.249. The number of rotatable bonds is 0. The molecule has 120 valence electrons. The fourth-order valence-electron chi connectivity index (χ4n) is 3.47. The highest BCUT2D eigenvalue weighted by Crippen LogP contribution is 2.43. The Kier molecular flexibility index (Phi) is 3.10. The van der Waals surface area contributed by atoms with Crippen LogP contribution in [-0.4, -0.2) is 19.6 Å². The molecule has 0 radical (unpaired) electrons. The molecular formula is C17H20N4OS. The van der Waals surface area contributed by atoms with Gasteiger partial charge in [0.2, 0.25) is 0 Å². The zero-order valence-corrected chi connectivity index (χ0v) is 14.7. The number of aromatic nitrogens is 4. The summed E-state index contributed by atoms with van der Waals surface area (Å²) < 4.78 is 1.64. The third-order valence-electron chi connectivity index (χ3n) is 4.97. The molecule has 0 aliphatic heterocycles. The van der Waals surface area contributed by atoms with E-state index in [1.807, 2.05) is 0 Å². The Balaban J connectivity index is 1.96. The van der Waals surface area contributed by atoms with Crippen LogP contribution in [0.5, 0.6) is 0 Å². The van der Waals surface area contributed by atoms with Crippen LogP contribution >= 0.6 is 11.3 Å². The second-order valence-corrected chi connectivity index (χ2v) is 8.59. The Hall–Kier alpha value is -1.82. The third kappa shape index (κ3) is 2.27. The lowest BCUT2D eigenvalue weighted by molar-refractivity contribution is 0.218. The summed E-state index contributed by atoms with van der Waals surface area (Å²) in [6, 6.07) is 0. The van der Waals surface area contributed by atoms with E-state index in [9.17, 15) is 4.79 Å². The van der Waals surface area contributed by atoms with Crippen molar-refractivity contribution < 1.29 is 0 Å². The lowest BCUT2D eigenvalue weighted by Crippen LogP contribution is -2.26. The van der Waals surface area contributed by atoms with E-state index < -0.39 is 0 Å². The van der Waals surface area contributed by atoms with Gasteiger partial charge in [-0.05, 0) is 43.1 Å². The van der Waals surface area contributed by atoms with E-state index >= 15 is 0 Å². The van der Waals surface area contributed by atoms with E-state index in [1.165, 1.54) is 16.9 Å². The standard InChI is InChI=1S/C17H20N4OS/c1-9-15(22)19-14-13-11-6-5-10(17(2,3)4)7-12(11)23-16(13)18-8-21(14)20-9/h8,10H,5-7H2,1-4H3. The van der Waals surface area contributed by atoms with Gasteiger partial charge in [-0.15, -0.1) is 11.3 Å². The van der Waals surface area contributed by atoms with Gasteiger partial charge in [0.25, 0.3) is 5.56 Å². The second-order valence-electron chi connectivity index (χ2n) is 7.50. The number of hydrogen-bond acceptors (Lipinski definition) is 5. The highest BCUT2D eigenvalue weighted by molar-refractivity contribution is 7.19. The summed E-state index contributed by atoms with van der Waals surface area (Å²) in [5.74, 6) is 0.686. The third-order valence-corrected chi connectivity index (χ3v) is 6.13. The Morgan fingerprint density at radius 3 is 2.87 bits per heavy atom. The van der Waals surface area contributed by atoms with Crippen molar-refractivity contribution in [3.05, 3.63) is 32.8 Å². The minimum Gasteiger partial charge on any atom is -0.265 e. The van der Waals surface area contributed by atoms with E-state index in [-0.39, 0.29) is 5.56 Å². The Morgan fingerprint density at radius 2 is 2.13 bits per heavy atom. The summed E-state index contributed by atoms with van der Waals surface area (Å²) in [4.78, 5) is 23.1. The Bertz CT molecular complexity index is 980. The highest BCUT2D eigenvalue weighted by Gasteiger charge is 2.31. The molecule has 1 aliphatic rings. The molecular weight excluding hydrogens is 308 g/mol. The molecule has 6 heteroatoms. The number of thiophene rings is 1. The average Bonchev–Trinajstić information content (AvgIpc) is 2.85. The van der Waals surface area contributed by atoms with Crippen molar-refractivity contribution in [3.63, 3.8) is 0 Å². The summed E-state index contributed by atoms with van der Waals surface area (Å²) >= 11 is 1.75. The average molecular weight is 328 g/mol. The second kappa shape index (κ2) is 4.84. The monoisotopic (exact) mass is 328 g/mol. The van der Waals surface area contributed by atoms with Gasteiger partial charge in [-0.3, -0.25) is 4.79 Å². The van der Waals surface area contributed by atoms with Crippen LogP contribution in [0, 0.1) is 18.3 Å². The van der Waals surface area contributed by atoms with Gasteiger partial charge in [0.1, 0.15) is 16.9 Å². The molecule has 0 spiro atoms. The first kappa shape index (κ1) is 14.8. The van der Waals surface area contributed by atoms with Crippen molar-refractivity contribution in [3.8, 4) is 0 Å². The molecule has 1 unspecified atom stereocenters. The highest BCUT2D eigenvalue weighted by atomic mass is 32.1. The lowest BCUT2D eigenvalue weighted by Gasteiger charge is -2.33. The predicted molar refractivity (Wildman–Crippen MR) is 92.1 cm³/mol. The summed E-state index contributed by atoms with van der Waals surface area (Å²) in [6.45, 7) is 8.63. The van der Waals surface area contributed by atoms with Crippen LogP contribution in [0.2, 0.25) is 0 Å². The lowest BCUT2D eigenvalue weighted by atomic mass is 9.72. The molecule has 1 aliphatic carbocycles. The van der Waals surface area contributed by atoms with Gasteiger partial charge in [0, 0.05) is 4.88 Å². The Morgan fingerprint density at radius 1 is 1.35 bits per heavy atom. The molecule has 0 fully saturated rings. The van der Waals surface area contributed by atoms with Crippen molar-refractivity contribution in [2.45, 2.75) is 47.0 Å². The first-order chi connectivity index (χ1) is 10.8. The van der Waals surface area contributed by atoms with Crippen molar-refractivity contribution in [2.24, 2.45) is 11.3 Å². The van der Waals surface area contributed by atoms with E-state index in [0.29, 0.717) is 22.7 Å². The fraction of sp³-hybridized carbons (Fsp3) is 0.529. The largest absolute Gasteiger partial charge is 0.294 e. The summed E-state index contributed by atoms with van der Waals surface area (Å²) in [5.41, 5.74) is 2.45. The number of aryl methyl sites for hydroxylation is 2. The van der Waals surface area contributed by atoms with Gasteiger partial charge in [-0.2, -0.15) is 10.1 Å². The van der Waals surface area contributed by atoms with Gasteiger partial charge in [0.15, 0.2) is 5.65 Å². The van der Waals surface area contributed by atoms with Gasteiger partial charge in [0.05, 0.1) is 5.39 Å². The van der Waals surface area contributed by atoms with Crippen LogP contribution < -0.4 is 5.56 Å². The molecule has 0 saturated heterocycles. The molecule has 0 amide bonds. The molecule has 3 heterocycles. The van der Waals surface area contributed by atoms with Crippen LogP contribution in [-0.2, 0) is 12.8 Å². The maximum Gasteiger partial charge on any atom is 0.294 e. The predicted octanol–water partition coefficient (Wildman–Crippen LogP) is 3.16. The first-order valence-corrected chi connectivity index (χ1v) is 8.83. The van der Waals surface area contributed by atoms with E-state index in [0.717, 1.165) is 23.1 Å². The van der Waals surface area contributed by atoms with Crippen LogP contribution in [0.4, 0.5) is 0 Å².